The molecule has 7 nitrogen and oxygen atoms in total. The molecule has 1 aliphatic carbocycles. The maximum Gasteiger partial charge on any atom is 0.294 e. The zero-order chi connectivity index (χ0) is 22.1. The van der Waals surface area contributed by atoms with Crippen molar-refractivity contribution in [3.63, 3.8) is 0 Å². The zero-order valence-corrected chi connectivity index (χ0v) is 17.9. The summed E-state index contributed by atoms with van der Waals surface area (Å²) in [7, 11) is 0. The second-order valence-corrected chi connectivity index (χ2v) is 8.11. The van der Waals surface area contributed by atoms with Crippen molar-refractivity contribution in [1.29, 1.82) is 0 Å². The lowest BCUT2D eigenvalue weighted by Crippen LogP contribution is -2.35. The maximum atomic E-state index is 13.5. The molecule has 1 aliphatic heterocycles. The molecule has 2 amide bonds. The number of nitrogens with zero attached hydrogens (tertiary/aromatic N) is 3. The molecule has 7 heteroatoms. The molecule has 0 unspecified atom stereocenters. The number of para-hydroxylation sites is 1. The number of hydrazone groups is 1. The first-order chi connectivity index (χ1) is 15.6. The van der Waals surface area contributed by atoms with Crippen LogP contribution in [0.2, 0.25) is 0 Å². The number of carbonyl (C=O) groups is 2. The van der Waals surface area contributed by atoms with Gasteiger partial charge < -0.3 is 9.32 Å². The Kier molecular flexibility index (Phi) is 5.31. The first-order valence-corrected chi connectivity index (χ1v) is 10.9. The third-order valence-corrected chi connectivity index (χ3v) is 6.07. The number of nitrogens with one attached hydrogen (secondary N) is 1. The average Bonchev–Trinajstić information content (AvgIpc) is 3.19. The van der Waals surface area contributed by atoms with E-state index in [0.717, 1.165) is 54.0 Å². The number of carbonyl (C=O) groups excluding carboxylic acids is 2. The molecule has 0 saturated heterocycles. The number of rotatable bonds is 3. The third-order valence-electron chi connectivity index (χ3n) is 6.07. The second-order valence-electron chi connectivity index (χ2n) is 8.11. The van der Waals surface area contributed by atoms with E-state index in [9.17, 15) is 9.59 Å². The van der Waals surface area contributed by atoms with Crippen LogP contribution in [0.4, 0.5) is 5.69 Å². The first-order valence-electron chi connectivity index (χ1n) is 10.9. The number of anilines is 1. The molecule has 3 aromatic rings. The summed E-state index contributed by atoms with van der Waals surface area (Å²) in [4.78, 5) is 31.7. The molecule has 1 N–H and O–H groups in total. The molecule has 0 bridgehead atoms. The number of benzene rings is 1. The van der Waals surface area contributed by atoms with Crippen molar-refractivity contribution in [2.45, 2.75) is 39.0 Å². The summed E-state index contributed by atoms with van der Waals surface area (Å²) >= 11 is 0. The van der Waals surface area contributed by atoms with Crippen LogP contribution in [0.15, 0.2) is 58.2 Å². The predicted molar refractivity (Wildman–Crippen MR) is 121 cm³/mol. The van der Waals surface area contributed by atoms with Crippen molar-refractivity contribution in [3.8, 4) is 0 Å². The summed E-state index contributed by atoms with van der Waals surface area (Å²) < 4.78 is 6.09. The lowest BCUT2D eigenvalue weighted by molar-refractivity contribution is 0.0945. The van der Waals surface area contributed by atoms with Crippen LogP contribution in [-0.4, -0.2) is 29.1 Å². The van der Waals surface area contributed by atoms with Gasteiger partial charge in [-0.3, -0.25) is 14.6 Å². The SMILES string of the molecule is Cc1c(C(=O)N2CCCc3ccccc32)oc2c1/C(=N/NC(=O)c1ccccn1)CCC2. The van der Waals surface area contributed by atoms with Gasteiger partial charge in [-0.15, -0.1) is 0 Å². The predicted octanol–water partition coefficient (Wildman–Crippen LogP) is 4.05. The lowest BCUT2D eigenvalue weighted by Gasteiger charge is -2.28. The van der Waals surface area contributed by atoms with E-state index in [0.29, 0.717) is 24.4 Å². The fourth-order valence-electron chi connectivity index (χ4n) is 4.52. The topological polar surface area (TPSA) is 87.8 Å². The Morgan fingerprint density at radius 1 is 1.06 bits per heavy atom. The fourth-order valence-corrected chi connectivity index (χ4v) is 4.52. The van der Waals surface area contributed by atoms with Gasteiger partial charge in [0.05, 0.1) is 5.71 Å². The summed E-state index contributed by atoms with van der Waals surface area (Å²) in [6.45, 7) is 2.56. The smallest absolute Gasteiger partial charge is 0.294 e. The fraction of sp³-hybridized carbons (Fsp3) is 0.280. The van der Waals surface area contributed by atoms with Crippen molar-refractivity contribution in [1.82, 2.24) is 10.4 Å². The van der Waals surface area contributed by atoms with E-state index in [-0.39, 0.29) is 11.8 Å². The largest absolute Gasteiger partial charge is 0.455 e. The van der Waals surface area contributed by atoms with E-state index < -0.39 is 0 Å². The van der Waals surface area contributed by atoms with E-state index in [1.807, 2.05) is 30.0 Å². The van der Waals surface area contributed by atoms with Gasteiger partial charge in [-0.1, -0.05) is 24.3 Å². The van der Waals surface area contributed by atoms with Gasteiger partial charge in [0.25, 0.3) is 11.8 Å². The number of hydrogen-bond acceptors (Lipinski definition) is 5. The summed E-state index contributed by atoms with van der Waals surface area (Å²) in [6, 6.07) is 13.2. The minimum Gasteiger partial charge on any atom is -0.455 e. The number of pyridine rings is 1. The number of amides is 2. The van der Waals surface area contributed by atoms with Gasteiger partial charge in [0.1, 0.15) is 11.5 Å². The molecule has 162 valence electrons. The Hall–Kier alpha value is -3.74. The van der Waals surface area contributed by atoms with Crippen LogP contribution in [0.5, 0.6) is 0 Å². The van der Waals surface area contributed by atoms with Gasteiger partial charge >= 0.3 is 0 Å². The molecule has 2 aromatic heterocycles. The monoisotopic (exact) mass is 428 g/mol. The van der Waals surface area contributed by atoms with Crippen LogP contribution < -0.4 is 10.3 Å². The van der Waals surface area contributed by atoms with Crippen molar-refractivity contribution in [3.05, 3.63) is 82.6 Å². The highest BCUT2D eigenvalue weighted by Gasteiger charge is 2.32. The second kappa shape index (κ2) is 8.42. The number of fused-ring (bicyclic) bond motifs is 2. The Labute approximate surface area is 186 Å². The number of aromatic nitrogens is 1. The van der Waals surface area contributed by atoms with E-state index in [1.54, 1.807) is 24.4 Å². The minimum absolute atomic E-state index is 0.124. The molecule has 32 heavy (non-hydrogen) atoms. The van der Waals surface area contributed by atoms with E-state index in [2.05, 4.69) is 21.6 Å². The Balaban J connectivity index is 1.44. The summed E-state index contributed by atoms with van der Waals surface area (Å²) in [5.74, 6) is 0.624. The minimum atomic E-state index is -0.368. The maximum absolute atomic E-state index is 13.5. The molecule has 0 fully saturated rings. The van der Waals surface area contributed by atoms with Crippen LogP contribution in [0.25, 0.3) is 0 Å². The number of furan rings is 1. The van der Waals surface area contributed by atoms with E-state index >= 15 is 0 Å². The van der Waals surface area contributed by atoms with Crippen LogP contribution in [-0.2, 0) is 12.8 Å². The molecule has 0 atom stereocenters. The highest BCUT2D eigenvalue weighted by molar-refractivity contribution is 6.10. The molecule has 0 saturated carbocycles. The van der Waals surface area contributed by atoms with Crippen molar-refractivity contribution >= 4 is 23.2 Å². The van der Waals surface area contributed by atoms with Gasteiger partial charge in [-0.05, 0) is 56.4 Å². The lowest BCUT2D eigenvalue weighted by atomic mass is 9.93. The summed E-state index contributed by atoms with van der Waals surface area (Å²) in [5, 5.41) is 4.38. The standard InChI is InChI=1S/C25H24N4O3/c1-16-22-18(27-28-24(30)19-10-4-5-14-26-19)11-6-13-21(22)32-23(16)25(31)29-15-7-9-17-8-2-3-12-20(17)29/h2-5,8,10,12,14H,6-7,9,11,13,15H2,1H3,(H,28,30)/b27-18+. The van der Waals surface area contributed by atoms with Gasteiger partial charge in [-0.25, -0.2) is 5.43 Å². The molecular formula is C25H24N4O3. The van der Waals surface area contributed by atoms with Crippen molar-refractivity contribution in [2.24, 2.45) is 5.10 Å². The summed E-state index contributed by atoms with van der Waals surface area (Å²) in [6.07, 6.45) is 5.76. The summed E-state index contributed by atoms with van der Waals surface area (Å²) in [5.41, 5.74) is 7.38. The highest BCUT2D eigenvalue weighted by atomic mass is 16.4. The Morgan fingerprint density at radius 2 is 1.91 bits per heavy atom. The highest BCUT2D eigenvalue weighted by Crippen LogP contribution is 2.33. The molecule has 3 heterocycles. The van der Waals surface area contributed by atoms with Crippen LogP contribution >= 0.6 is 0 Å². The van der Waals surface area contributed by atoms with Crippen LogP contribution in [0.1, 0.15) is 62.8 Å². The first kappa shape index (κ1) is 20.2. The van der Waals surface area contributed by atoms with E-state index in [1.165, 1.54) is 5.56 Å². The van der Waals surface area contributed by atoms with Crippen molar-refractivity contribution in [2.75, 3.05) is 11.4 Å². The molecule has 1 aromatic carbocycles. The molecule has 2 aliphatic rings. The van der Waals surface area contributed by atoms with Gasteiger partial charge in [0.2, 0.25) is 0 Å². The quantitative estimate of drug-likeness (QED) is 0.638. The van der Waals surface area contributed by atoms with Crippen molar-refractivity contribution < 1.29 is 14.0 Å². The average molecular weight is 428 g/mol. The molecule has 0 radical (unpaired) electrons. The zero-order valence-electron chi connectivity index (χ0n) is 17.9. The third kappa shape index (κ3) is 3.60. The Morgan fingerprint density at radius 3 is 2.75 bits per heavy atom. The molecule has 5 rings (SSSR count). The van der Waals surface area contributed by atoms with Gasteiger partial charge in [0.15, 0.2) is 5.76 Å². The number of aryl methyl sites for hydroxylation is 2. The van der Waals surface area contributed by atoms with Gasteiger partial charge in [-0.2, -0.15) is 5.10 Å². The van der Waals surface area contributed by atoms with Gasteiger partial charge in [0, 0.05) is 36.0 Å². The van der Waals surface area contributed by atoms with Crippen LogP contribution in [0, 0.1) is 6.92 Å². The molecular weight excluding hydrogens is 404 g/mol. The van der Waals surface area contributed by atoms with Crippen LogP contribution in [0.3, 0.4) is 0 Å². The normalized spacial score (nSPS) is 16.4. The molecule has 0 spiro atoms. The van der Waals surface area contributed by atoms with E-state index in [4.69, 9.17) is 4.42 Å². The number of hydrogen-bond donors (Lipinski definition) is 1. The Bertz CT molecular complexity index is 1210.